The van der Waals surface area contributed by atoms with Crippen molar-refractivity contribution in [3.8, 4) is 0 Å². The summed E-state index contributed by atoms with van der Waals surface area (Å²) in [6.07, 6.45) is 1.43. The smallest absolute Gasteiger partial charge is 0.312 e. The zero-order chi connectivity index (χ0) is 13.4. The van der Waals surface area contributed by atoms with Crippen LogP contribution in [0.15, 0.2) is 24.3 Å². The lowest BCUT2D eigenvalue weighted by molar-refractivity contribution is -0.138. The third-order valence-electron chi connectivity index (χ3n) is 3.13. The molecule has 2 N–H and O–H groups in total. The third-order valence-corrected chi connectivity index (χ3v) is 4.51. The molecule has 0 radical (unpaired) electrons. The Hall–Kier alpha value is -1.59. The number of aliphatic carboxylic acids is 1. The lowest BCUT2D eigenvalue weighted by Crippen LogP contribution is -2.08. The van der Waals surface area contributed by atoms with E-state index < -0.39 is 11.9 Å². The summed E-state index contributed by atoms with van der Waals surface area (Å²) in [5.41, 5.74) is 1.48. The molecule has 2 aromatic rings. The molecule has 6 heteroatoms. The maximum Gasteiger partial charge on any atom is 0.312 e. The van der Waals surface area contributed by atoms with Crippen molar-refractivity contribution in [1.82, 2.24) is 4.98 Å². The normalized spacial score (nSPS) is 17.2. The van der Waals surface area contributed by atoms with Gasteiger partial charge in [0.15, 0.2) is 5.13 Å². The van der Waals surface area contributed by atoms with Crippen molar-refractivity contribution in [2.75, 3.05) is 5.32 Å². The van der Waals surface area contributed by atoms with Crippen LogP contribution in [0.4, 0.5) is 10.8 Å². The standard InChI is InChI=1S/C13H11ClN2O2S/c14-8-3-1-2-4-9(8)15-13-16-11-7(12(17)18)5-6-10(11)19-13/h1-4,7H,5-6H2,(H,15,16)(H,17,18). The van der Waals surface area contributed by atoms with E-state index in [1.807, 2.05) is 18.2 Å². The van der Waals surface area contributed by atoms with Gasteiger partial charge in [-0.15, -0.1) is 11.3 Å². The zero-order valence-electron chi connectivity index (χ0n) is 9.89. The summed E-state index contributed by atoms with van der Waals surface area (Å²) in [5, 5.41) is 13.6. The summed E-state index contributed by atoms with van der Waals surface area (Å²) in [6, 6.07) is 7.40. The van der Waals surface area contributed by atoms with Crippen molar-refractivity contribution >= 4 is 39.7 Å². The highest BCUT2D eigenvalue weighted by Gasteiger charge is 2.32. The average molecular weight is 295 g/mol. The topological polar surface area (TPSA) is 62.2 Å². The number of carbonyl (C=O) groups is 1. The Morgan fingerprint density at radius 1 is 1.47 bits per heavy atom. The van der Waals surface area contributed by atoms with E-state index >= 15 is 0 Å². The van der Waals surface area contributed by atoms with E-state index in [1.165, 1.54) is 11.3 Å². The number of para-hydroxylation sites is 1. The monoisotopic (exact) mass is 294 g/mol. The van der Waals surface area contributed by atoms with Crippen molar-refractivity contribution in [2.24, 2.45) is 0 Å². The van der Waals surface area contributed by atoms with Gasteiger partial charge in [0, 0.05) is 4.88 Å². The first-order valence-electron chi connectivity index (χ1n) is 5.89. The number of nitrogens with zero attached hydrogens (tertiary/aromatic N) is 1. The van der Waals surface area contributed by atoms with Crippen LogP contribution in [0, 0.1) is 0 Å². The molecular weight excluding hydrogens is 284 g/mol. The maximum absolute atomic E-state index is 11.1. The van der Waals surface area contributed by atoms with Gasteiger partial charge in [0.25, 0.3) is 0 Å². The Balaban J connectivity index is 1.87. The summed E-state index contributed by atoms with van der Waals surface area (Å²) in [5.74, 6) is -1.26. The summed E-state index contributed by atoms with van der Waals surface area (Å²) in [4.78, 5) is 16.6. The van der Waals surface area contributed by atoms with Gasteiger partial charge in [0.1, 0.15) is 5.92 Å². The maximum atomic E-state index is 11.1. The molecule has 3 rings (SSSR count). The molecular formula is C13H11ClN2O2S. The number of thiazole rings is 1. The van der Waals surface area contributed by atoms with Gasteiger partial charge in [-0.25, -0.2) is 4.98 Å². The van der Waals surface area contributed by atoms with Gasteiger partial charge in [-0.2, -0.15) is 0 Å². The molecule has 1 heterocycles. The van der Waals surface area contributed by atoms with Crippen molar-refractivity contribution < 1.29 is 9.90 Å². The van der Waals surface area contributed by atoms with Crippen LogP contribution in [0.2, 0.25) is 5.02 Å². The molecule has 1 aromatic heterocycles. The predicted octanol–water partition coefficient (Wildman–Crippen LogP) is 3.65. The minimum Gasteiger partial charge on any atom is -0.481 e. The number of hydrogen-bond donors (Lipinski definition) is 2. The molecule has 1 aromatic carbocycles. The molecule has 1 unspecified atom stereocenters. The molecule has 19 heavy (non-hydrogen) atoms. The minimum absolute atomic E-state index is 0.465. The van der Waals surface area contributed by atoms with E-state index in [0.29, 0.717) is 22.3 Å². The van der Waals surface area contributed by atoms with E-state index in [2.05, 4.69) is 10.3 Å². The molecule has 1 aliphatic carbocycles. The van der Waals surface area contributed by atoms with Crippen molar-refractivity contribution in [1.29, 1.82) is 0 Å². The molecule has 0 aliphatic heterocycles. The molecule has 1 atom stereocenters. The van der Waals surface area contributed by atoms with Crippen LogP contribution >= 0.6 is 22.9 Å². The summed E-state index contributed by atoms with van der Waals surface area (Å²) >= 11 is 7.57. The second-order valence-corrected chi connectivity index (χ2v) is 5.85. The second-order valence-electron chi connectivity index (χ2n) is 4.36. The van der Waals surface area contributed by atoms with Gasteiger partial charge in [0.05, 0.1) is 16.4 Å². The lowest BCUT2D eigenvalue weighted by atomic mass is 10.1. The number of fused-ring (bicyclic) bond motifs is 1. The Kier molecular flexibility index (Phi) is 3.16. The highest BCUT2D eigenvalue weighted by molar-refractivity contribution is 7.15. The van der Waals surface area contributed by atoms with Gasteiger partial charge < -0.3 is 10.4 Å². The molecule has 4 nitrogen and oxygen atoms in total. The van der Waals surface area contributed by atoms with E-state index in [9.17, 15) is 4.79 Å². The molecule has 0 spiro atoms. The number of hydrogen-bond acceptors (Lipinski definition) is 4. The Bertz CT molecular complexity index is 641. The number of carboxylic acids is 1. The molecule has 0 saturated heterocycles. The summed E-state index contributed by atoms with van der Waals surface area (Å²) in [6.45, 7) is 0. The van der Waals surface area contributed by atoms with Gasteiger partial charge in [0.2, 0.25) is 0 Å². The van der Waals surface area contributed by atoms with Gasteiger partial charge in [-0.1, -0.05) is 23.7 Å². The number of carboxylic acid groups (broad SMARTS) is 1. The van der Waals surface area contributed by atoms with Gasteiger partial charge in [-0.3, -0.25) is 4.79 Å². The SMILES string of the molecule is O=C(O)C1CCc2sc(Nc3ccccc3Cl)nc21. The third kappa shape index (κ3) is 2.31. The molecule has 0 amide bonds. The van der Waals surface area contributed by atoms with E-state index in [0.717, 1.165) is 17.0 Å². The van der Waals surface area contributed by atoms with Crippen molar-refractivity contribution in [3.05, 3.63) is 39.9 Å². The molecule has 0 fully saturated rings. The summed E-state index contributed by atoms with van der Waals surface area (Å²) < 4.78 is 0. The number of aryl methyl sites for hydroxylation is 1. The molecule has 1 aliphatic rings. The fraction of sp³-hybridized carbons (Fsp3) is 0.231. The van der Waals surface area contributed by atoms with Crippen LogP contribution in [-0.2, 0) is 11.2 Å². The molecule has 98 valence electrons. The number of aromatic nitrogens is 1. The van der Waals surface area contributed by atoms with Crippen LogP contribution in [0.5, 0.6) is 0 Å². The number of benzene rings is 1. The van der Waals surface area contributed by atoms with Crippen LogP contribution in [-0.4, -0.2) is 16.1 Å². The predicted molar refractivity (Wildman–Crippen MR) is 75.5 cm³/mol. The highest BCUT2D eigenvalue weighted by atomic mass is 35.5. The zero-order valence-corrected chi connectivity index (χ0v) is 11.5. The Morgan fingerprint density at radius 2 is 2.26 bits per heavy atom. The van der Waals surface area contributed by atoms with Crippen molar-refractivity contribution in [2.45, 2.75) is 18.8 Å². The first kappa shape index (κ1) is 12.4. The van der Waals surface area contributed by atoms with Crippen LogP contribution in [0.25, 0.3) is 0 Å². The number of anilines is 2. The summed E-state index contributed by atoms with van der Waals surface area (Å²) in [7, 11) is 0. The quantitative estimate of drug-likeness (QED) is 0.907. The fourth-order valence-corrected chi connectivity index (χ4v) is 3.43. The number of halogens is 1. The van der Waals surface area contributed by atoms with Gasteiger partial charge >= 0.3 is 5.97 Å². The molecule has 0 bridgehead atoms. The van der Waals surface area contributed by atoms with Crippen LogP contribution < -0.4 is 5.32 Å². The minimum atomic E-state index is -0.798. The molecule has 0 saturated carbocycles. The first-order chi connectivity index (χ1) is 9.15. The van der Waals surface area contributed by atoms with Crippen molar-refractivity contribution in [3.63, 3.8) is 0 Å². The van der Waals surface area contributed by atoms with E-state index in [-0.39, 0.29) is 0 Å². The van der Waals surface area contributed by atoms with E-state index in [4.69, 9.17) is 16.7 Å². The largest absolute Gasteiger partial charge is 0.481 e. The van der Waals surface area contributed by atoms with Gasteiger partial charge in [-0.05, 0) is 25.0 Å². The number of rotatable bonds is 3. The Morgan fingerprint density at radius 3 is 3.00 bits per heavy atom. The first-order valence-corrected chi connectivity index (χ1v) is 7.08. The number of nitrogens with one attached hydrogen (secondary N) is 1. The lowest BCUT2D eigenvalue weighted by Gasteiger charge is -2.05. The van der Waals surface area contributed by atoms with Crippen LogP contribution in [0.1, 0.15) is 22.9 Å². The highest BCUT2D eigenvalue weighted by Crippen LogP contribution is 2.39. The fourth-order valence-electron chi connectivity index (χ4n) is 2.20. The van der Waals surface area contributed by atoms with E-state index in [1.54, 1.807) is 6.07 Å². The van der Waals surface area contributed by atoms with Crippen LogP contribution in [0.3, 0.4) is 0 Å². The average Bonchev–Trinajstić information content (AvgIpc) is 2.91. The second kappa shape index (κ2) is 4.83. The Labute approximate surface area is 119 Å².